The molecule has 0 unspecified atom stereocenters. The van der Waals surface area contributed by atoms with E-state index in [0.717, 1.165) is 50.1 Å². The smallest absolute Gasteiger partial charge is 0.407 e. The van der Waals surface area contributed by atoms with Crippen LogP contribution in [0.5, 0.6) is 0 Å². The summed E-state index contributed by atoms with van der Waals surface area (Å²) in [5, 5.41) is 18.2. The highest BCUT2D eigenvalue weighted by Gasteiger charge is 2.54. The van der Waals surface area contributed by atoms with Gasteiger partial charge in [0.15, 0.2) is 24.4 Å². The van der Waals surface area contributed by atoms with Crippen molar-refractivity contribution < 1.29 is 71.4 Å². The Labute approximate surface area is 417 Å². The van der Waals surface area contributed by atoms with Crippen LogP contribution in [0.15, 0.2) is 66.7 Å². The van der Waals surface area contributed by atoms with Crippen LogP contribution in [0.1, 0.15) is 101 Å². The lowest BCUT2D eigenvalue weighted by molar-refractivity contribution is -0.249. The number of rotatable bonds is 16. The Hall–Kier alpha value is -5.98. The van der Waals surface area contributed by atoms with Crippen molar-refractivity contribution >= 4 is 57.5 Å². The van der Waals surface area contributed by atoms with Gasteiger partial charge in [-0.15, -0.1) is 0 Å². The van der Waals surface area contributed by atoms with Crippen molar-refractivity contribution in [3.63, 3.8) is 0 Å². The number of esters is 4. The number of hydrogen-bond donors (Lipinski definition) is 4. The molecular weight excluding hydrogens is 923 g/mol. The average Bonchev–Trinajstić information content (AvgIpc) is 3.60. The standard InChI is InChI=1S/C45H53N3O14.C7H18S.3H2/c1-23(2)37(48-45(56)58-22-35-33-14-10-8-12-31(33)32-13-9-11-15-34(32)35)43(54)46-24(3)42(53)47-30-18-16-29(21-49)28(20-30)17-19-36-38(59-25(4)50)39(60-26(5)51)40(61-27(6)52)41(62-36)44(55)57-7;1-7(2,3)8(4,5)6;;;/h8-16,18,20,23-24,35-41,49H,17,19,21-22H2,1-7H3,(H,46,54)(H,47,53)(H,48,56);1-6H3;3*1H/t24-,36-,37-,38-,39+,40-,41-;;;;/m0..../s1. The molecule has 3 amide bonds. The summed E-state index contributed by atoms with van der Waals surface area (Å²) in [4.78, 5) is 89.3. The Morgan fingerprint density at radius 2 is 1.27 bits per heavy atom. The van der Waals surface area contributed by atoms with Gasteiger partial charge in [0.25, 0.3) is 0 Å². The molecule has 3 aromatic carbocycles. The van der Waals surface area contributed by atoms with Gasteiger partial charge in [-0.1, -0.05) is 89.2 Å². The summed E-state index contributed by atoms with van der Waals surface area (Å²) in [5.74, 6) is -5.07. The van der Waals surface area contributed by atoms with Crippen LogP contribution in [-0.2, 0) is 70.2 Å². The van der Waals surface area contributed by atoms with Crippen molar-refractivity contribution in [3.05, 3.63) is 89.0 Å². The first-order chi connectivity index (χ1) is 32.8. The molecular formula is C52H77N3O14S. The molecule has 1 heterocycles. The maximum Gasteiger partial charge on any atom is 0.407 e. The molecule has 0 aromatic heterocycles. The SMILES string of the molecule is CC(C)(C)S(C)(C)C.COC(=O)[C@H]1O[C@@H](CCc2cc(NC(=O)[C@H](C)NC(=O)[C@@H](NC(=O)OCC3c4ccccc4-c4ccccc43)C(C)C)ccc2CO)[C@H](OC(C)=O)[C@@H](OC(C)=O)[C@@H]1OC(C)=O.[HH].[HH].[HH]. The highest BCUT2D eigenvalue weighted by atomic mass is 32.3. The molecule has 1 aliphatic heterocycles. The Balaban J connectivity index is 0.00000223. The van der Waals surface area contributed by atoms with E-state index >= 15 is 0 Å². The van der Waals surface area contributed by atoms with Crippen molar-refractivity contribution in [3.8, 4) is 11.1 Å². The maximum absolute atomic E-state index is 13.5. The van der Waals surface area contributed by atoms with Crippen molar-refractivity contribution in [2.45, 2.75) is 135 Å². The van der Waals surface area contributed by atoms with E-state index < -0.39 is 91.0 Å². The number of alkyl carbamates (subject to hydrolysis) is 1. The van der Waals surface area contributed by atoms with Crippen LogP contribution < -0.4 is 16.0 Å². The number of nitrogens with one attached hydrogen (secondary N) is 3. The summed E-state index contributed by atoms with van der Waals surface area (Å²) in [6.45, 7) is 14.9. The first-order valence-corrected chi connectivity index (χ1v) is 26.0. The Bertz CT molecular complexity index is 2320. The van der Waals surface area contributed by atoms with Crippen LogP contribution in [0.4, 0.5) is 10.5 Å². The fraction of sp³-hybridized carbons (Fsp3) is 0.519. The van der Waals surface area contributed by atoms with Crippen LogP contribution in [0, 0.1) is 5.92 Å². The molecule has 17 nitrogen and oxygen atoms in total. The van der Waals surface area contributed by atoms with E-state index in [4.69, 9.17) is 28.4 Å². The largest absolute Gasteiger partial charge is 0.467 e. The fourth-order valence-electron chi connectivity index (χ4n) is 7.74. The zero-order chi connectivity index (χ0) is 52.2. The molecule has 18 heteroatoms. The molecule has 5 rings (SSSR count). The second-order valence-corrected chi connectivity index (χ2v) is 24.3. The number of aryl methyl sites for hydroxylation is 1. The molecule has 0 spiro atoms. The highest BCUT2D eigenvalue weighted by molar-refractivity contribution is 8.33. The van der Waals surface area contributed by atoms with Gasteiger partial charge in [0.05, 0.1) is 19.8 Å². The summed E-state index contributed by atoms with van der Waals surface area (Å²) in [6.07, 6.45) is -0.564. The minimum Gasteiger partial charge on any atom is -0.467 e. The molecule has 3 aromatic rings. The molecule has 7 atom stereocenters. The van der Waals surface area contributed by atoms with Gasteiger partial charge in [0, 0.05) is 36.7 Å². The van der Waals surface area contributed by atoms with Crippen LogP contribution in [0.25, 0.3) is 11.1 Å². The van der Waals surface area contributed by atoms with Crippen LogP contribution in [-0.4, -0.2) is 127 Å². The van der Waals surface area contributed by atoms with Gasteiger partial charge in [-0.05, 0) is 94.7 Å². The Morgan fingerprint density at radius 1 is 0.743 bits per heavy atom. The van der Waals surface area contributed by atoms with E-state index in [9.17, 15) is 38.7 Å². The summed E-state index contributed by atoms with van der Waals surface area (Å²) < 4.78 is 33.4. The number of carbonyl (C=O) groups excluding carboxylic acids is 7. The number of fused-ring (bicyclic) bond motifs is 3. The molecule has 0 radical (unpaired) electrons. The van der Waals surface area contributed by atoms with Gasteiger partial charge in [0.1, 0.15) is 18.7 Å². The van der Waals surface area contributed by atoms with E-state index in [1.54, 1.807) is 32.0 Å². The molecule has 70 heavy (non-hydrogen) atoms. The van der Waals surface area contributed by atoms with Gasteiger partial charge in [0.2, 0.25) is 11.8 Å². The average molecular weight is 1000 g/mol. The highest BCUT2D eigenvalue weighted by Crippen LogP contribution is 2.49. The van der Waals surface area contributed by atoms with E-state index in [1.165, 1.54) is 6.92 Å². The number of methoxy groups -OCH3 is 1. The van der Waals surface area contributed by atoms with Gasteiger partial charge in [-0.3, -0.25) is 24.0 Å². The van der Waals surface area contributed by atoms with Crippen LogP contribution >= 0.6 is 10.0 Å². The maximum atomic E-state index is 13.5. The van der Waals surface area contributed by atoms with Gasteiger partial charge < -0.3 is 49.5 Å². The molecule has 1 saturated heterocycles. The summed E-state index contributed by atoms with van der Waals surface area (Å²) in [6, 6.07) is 18.5. The Kier molecular flexibility index (Phi) is 20.0. The quantitative estimate of drug-likeness (QED) is 0.0831. The van der Waals surface area contributed by atoms with E-state index in [-0.39, 0.29) is 45.6 Å². The third-order valence-electron chi connectivity index (χ3n) is 12.5. The number of anilines is 1. The number of hydrogen-bond acceptors (Lipinski definition) is 14. The van der Waals surface area contributed by atoms with E-state index in [1.807, 2.05) is 48.5 Å². The zero-order valence-electron chi connectivity index (χ0n) is 42.5. The fourth-order valence-corrected chi connectivity index (χ4v) is 7.74. The number of aliphatic hydroxyl groups is 1. The lowest BCUT2D eigenvalue weighted by atomic mass is 9.90. The third-order valence-corrected chi connectivity index (χ3v) is 16.1. The second kappa shape index (κ2) is 24.7. The van der Waals surface area contributed by atoms with Crippen molar-refractivity contribution in [2.75, 3.05) is 37.8 Å². The molecule has 0 bridgehead atoms. The van der Waals surface area contributed by atoms with E-state index in [0.29, 0.717) is 21.6 Å². The monoisotopic (exact) mass is 1000 g/mol. The summed E-state index contributed by atoms with van der Waals surface area (Å²) >= 11 is 0. The molecule has 390 valence electrons. The second-order valence-electron chi connectivity index (χ2n) is 19.4. The minimum absolute atomic E-state index is 0. The van der Waals surface area contributed by atoms with Crippen LogP contribution in [0.3, 0.4) is 0 Å². The number of aliphatic hydroxyl groups excluding tert-OH is 1. The molecule has 1 fully saturated rings. The number of ether oxygens (including phenoxy) is 6. The van der Waals surface area contributed by atoms with Gasteiger partial charge >= 0.3 is 30.0 Å². The minimum atomic E-state index is -1.56. The van der Waals surface area contributed by atoms with Crippen molar-refractivity contribution in [1.29, 1.82) is 0 Å². The number of carbonyl (C=O) groups is 7. The summed E-state index contributed by atoms with van der Waals surface area (Å²) in [7, 11) is 0.754. The molecule has 2 aliphatic rings. The first kappa shape index (κ1) is 56.6. The van der Waals surface area contributed by atoms with Crippen molar-refractivity contribution in [1.82, 2.24) is 10.6 Å². The lowest BCUT2D eigenvalue weighted by Gasteiger charge is -2.43. The van der Waals surface area contributed by atoms with Gasteiger partial charge in [-0.25, -0.2) is 19.6 Å². The van der Waals surface area contributed by atoms with Crippen molar-refractivity contribution in [2.24, 2.45) is 5.92 Å². The topological polar surface area (TPSA) is 231 Å². The predicted molar refractivity (Wildman–Crippen MR) is 273 cm³/mol. The first-order valence-electron chi connectivity index (χ1n) is 23.2. The van der Waals surface area contributed by atoms with E-state index in [2.05, 4.69) is 55.5 Å². The molecule has 4 N–H and O–H groups in total. The normalized spacial score (nSPS) is 19.6. The predicted octanol–water partition coefficient (Wildman–Crippen LogP) is 7.07. The number of amides is 3. The van der Waals surface area contributed by atoms with Gasteiger partial charge in [-0.2, -0.15) is 0 Å². The third kappa shape index (κ3) is 15.0. The molecule has 1 aliphatic carbocycles. The zero-order valence-corrected chi connectivity index (χ0v) is 43.4. The van der Waals surface area contributed by atoms with Crippen LogP contribution in [0.2, 0.25) is 0 Å². The number of benzene rings is 3. The lowest BCUT2D eigenvalue weighted by Crippen LogP contribution is -2.63. The molecule has 0 saturated carbocycles. The Morgan fingerprint density at radius 3 is 1.77 bits per heavy atom. The summed E-state index contributed by atoms with van der Waals surface area (Å²) in [5.41, 5.74) is 5.56.